The molecule has 0 radical (unpaired) electrons. The van der Waals surface area contributed by atoms with Gasteiger partial charge in [0.25, 0.3) is 0 Å². The molecular weight excluding hydrogens is 126 g/mol. The number of rotatable bonds is 3. The Morgan fingerprint density at radius 2 is 2.40 bits per heavy atom. The van der Waals surface area contributed by atoms with Gasteiger partial charge in [0.1, 0.15) is 0 Å². The Hall–Kier alpha value is -0.340. The van der Waals surface area contributed by atoms with Crippen LogP contribution < -0.4 is 0 Å². The van der Waals surface area contributed by atoms with E-state index >= 15 is 0 Å². The molecule has 0 saturated heterocycles. The molecule has 1 unspecified atom stereocenters. The van der Waals surface area contributed by atoms with Crippen LogP contribution in [0.1, 0.15) is 26.2 Å². The molecule has 0 aromatic rings. The Kier molecular flexibility index (Phi) is 2.46. The summed E-state index contributed by atoms with van der Waals surface area (Å²) in [5.74, 6) is 0. The average molecular weight is 141 g/mol. The number of hydroxylamine groups is 3. The van der Waals surface area contributed by atoms with Crippen LogP contribution in [0.25, 0.3) is 0 Å². The van der Waals surface area contributed by atoms with E-state index in [-0.39, 0.29) is 4.65 Å². The summed E-state index contributed by atoms with van der Waals surface area (Å²) >= 11 is 0. The zero-order valence-corrected chi connectivity index (χ0v) is 6.55. The highest BCUT2D eigenvalue weighted by atomic mass is 16.5. The van der Waals surface area contributed by atoms with Crippen molar-refractivity contribution in [3.8, 4) is 0 Å². The van der Waals surface area contributed by atoms with Crippen molar-refractivity contribution in [1.29, 1.82) is 0 Å². The molecule has 2 heteroatoms. The molecule has 1 aliphatic heterocycles. The van der Waals surface area contributed by atoms with Crippen LogP contribution in [0.15, 0.2) is 12.3 Å². The van der Waals surface area contributed by atoms with Crippen LogP contribution in [-0.4, -0.2) is 17.7 Å². The zero-order valence-electron chi connectivity index (χ0n) is 6.55. The summed E-state index contributed by atoms with van der Waals surface area (Å²) in [7, 11) is 0. The second-order valence-electron chi connectivity index (χ2n) is 2.93. The highest BCUT2D eigenvalue weighted by Gasteiger charge is 2.15. The van der Waals surface area contributed by atoms with Gasteiger partial charge in [-0.15, -0.1) is 0 Å². The third kappa shape index (κ3) is 1.82. The third-order valence-corrected chi connectivity index (χ3v) is 1.94. The molecule has 0 N–H and O–H groups in total. The van der Waals surface area contributed by atoms with Gasteiger partial charge in [-0.1, -0.05) is 13.3 Å². The maximum atomic E-state index is 11.5. The van der Waals surface area contributed by atoms with Crippen molar-refractivity contribution in [2.45, 2.75) is 26.2 Å². The summed E-state index contributed by atoms with van der Waals surface area (Å²) in [5, 5.41) is 11.5. The molecule has 1 rings (SSSR count). The van der Waals surface area contributed by atoms with E-state index in [9.17, 15) is 5.21 Å². The van der Waals surface area contributed by atoms with Gasteiger partial charge in [0.15, 0.2) is 0 Å². The van der Waals surface area contributed by atoms with Crippen molar-refractivity contribution in [3.63, 3.8) is 0 Å². The molecule has 1 aliphatic rings. The van der Waals surface area contributed by atoms with E-state index in [2.05, 4.69) is 6.92 Å². The smallest absolute Gasteiger partial charge is 0.0920 e. The maximum Gasteiger partial charge on any atom is 0.0920 e. The van der Waals surface area contributed by atoms with Crippen LogP contribution in [0.4, 0.5) is 0 Å². The Morgan fingerprint density at radius 3 is 2.90 bits per heavy atom. The Balaban J connectivity index is 2.30. The Bertz CT molecular complexity index is 133. The lowest BCUT2D eigenvalue weighted by Crippen LogP contribution is -2.34. The molecule has 0 amide bonds. The van der Waals surface area contributed by atoms with Crippen LogP contribution >= 0.6 is 0 Å². The van der Waals surface area contributed by atoms with Crippen LogP contribution in [-0.2, 0) is 0 Å². The minimum atomic E-state index is -0.0756. The lowest BCUT2D eigenvalue weighted by atomic mass is 10.3. The molecule has 0 fully saturated rings. The molecule has 1 atom stereocenters. The van der Waals surface area contributed by atoms with Crippen molar-refractivity contribution >= 4 is 0 Å². The summed E-state index contributed by atoms with van der Waals surface area (Å²) in [4.78, 5) is 0. The average Bonchev–Trinajstić information content (AvgIpc) is 2.33. The topological polar surface area (TPSA) is 23.1 Å². The second kappa shape index (κ2) is 3.17. The minimum Gasteiger partial charge on any atom is -0.628 e. The van der Waals surface area contributed by atoms with Crippen molar-refractivity contribution in [2.24, 2.45) is 0 Å². The Labute approximate surface area is 62.3 Å². The van der Waals surface area contributed by atoms with E-state index in [1.54, 1.807) is 6.20 Å². The molecular formula is C8H15NO. The van der Waals surface area contributed by atoms with Gasteiger partial charge in [-0.05, 0) is 12.5 Å². The normalized spacial score (nSPS) is 31.4. The van der Waals surface area contributed by atoms with Crippen molar-refractivity contribution in [2.75, 3.05) is 13.1 Å². The standard InChI is InChI=1S/C8H15NO/c1-2-3-6-9(10)7-4-5-8-9/h4,7H,2-3,5-6,8H2,1H3. The number of unbranched alkanes of at least 4 members (excludes halogenated alkanes) is 1. The molecule has 1 heterocycles. The number of quaternary nitrogens is 1. The lowest BCUT2D eigenvalue weighted by Gasteiger charge is -2.35. The molecule has 0 aromatic heterocycles. The molecule has 58 valence electrons. The fourth-order valence-corrected chi connectivity index (χ4v) is 1.25. The Morgan fingerprint density at radius 1 is 1.60 bits per heavy atom. The van der Waals surface area contributed by atoms with E-state index in [1.165, 1.54) is 0 Å². The number of hydrogen-bond donors (Lipinski definition) is 0. The highest BCUT2D eigenvalue weighted by Crippen LogP contribution is 2.15. The monoisotopic (exact) mass is 141 g/mol. The predicted octanol–water partition coefficient (Wildman–Crippen LogP) is 2.02. The molecule has 2 nitrogen and oxygen atoms in total. The maximum absolute atomic E-state index is 11.5. The van der Waals surface area contributed by atoms with Crippen LogP contribution in [0.5, 0.6) is 0 Å². The number of hydrogen-bond acceptors (Lipinski definition) is 1. The van der Waals surface area contributed by atoms with Gasteiger partial charge in [0.05, 0.1) is 19.3 Å². The molecule has 0 saturated carbocycles. The summed E-state index contributed by atoms with van der Waals surface area (Å²) in [6.45, 7) is 3.65. The second-order valence-corrected chi connectivity index (χ2v) is 2.93. The van der Waals surface area contributed by atoms with Crippen LogP contribution in [0.3, 0.4) is 0 Å². The van der Waals surface area contributed by atoms with Gasteiger partial charge in [0, 0.05) is 6.42 Å². The van der Waals surface area contributed by atoms with E-state index in [0.717, 1.165) is 32.4 Å². The lowest BCUT2D eigenvalue weighted by molar-refractivity contribution is -0.823. The van der Waals surface area contributed by atoms with Crippen LogP contribution in [0, 0.1) is 5.21 Å². The fraction of sp³-hybridized carbons (Fsp3) is 0.750. The SMILES string of the molecule is CCCC[N+]1([O-])C=CCC1. The molecule has 0 bridgehead atoms. The van der Waals surface area contributed by atoms with E-state index in [0.29, 0.717) is 0 Å². The van der Waals surface area contributed by atoms with Gasteiger partial charge in [-0.25, -0.2) is 0 Å². The summed E-state index contributed by atoms with van der Waals surface area (Å²) in [6.07, 6.45) is 6.91. The highest BCUT2D eigenvalue weighted by molar-refractivity contribution is 4.82. The molecule has 0 aromatic carbocycles. The summed E-state index contributed by atoms with van der Waals surface area (Å²) in [5.41, 5.74) is 0. The fourth-order valence-electron chi connectivity index (χ4n) is 1.25. The van der Waals surface area contributed by atoms with Crippen molar-refractivity contribution < 1.29 is 4.65 Å². The first-order valence-electron chi connectivity index (χ1n) is 4.02. The molecule has 10 heavy (non-hydrogen) atoms. The van der Waals surface area contributed by atoms with Gasteiger partial charge in [0.2, 0.25) is 0 Å². The summed E-state index contributed by atoms with van der Waals surface area (Å²) < 4.78 is -0.0756. The first kappa shape index (κ1) is 7.76. The number of nitrogens with zero attached hydrogens (tertiary/aromatic N) is 1. The van der Waals surface area contributed by atoms with E-state index in [4.69, 9.17) is 0 Å². The largest absolute Gasteiger partial charge is 0.628 e. The minimum absolute atomic E-state index is 0.0756. The molecule has 0 spiro atoms. The quantitative estimate of drug-likeness (QED) is 0.435. The van der Waals surface area contributed by atoms with Gasteiger partial charge < -0.3 is 9.85 Å². The predicted molar refractivity (Wildman–Crippen MR) is 42.0 cm³/mol. The van der Waals surface area contributed by atoms with Gasteiger partial charge in [-0.2, -0.15) is 0 Å². The first-order valence-corrected chi connectivity index (χ1v) is 4.02. The van der Waals surface area contributed by atoms with Crippen LogP contribution in [0.2, 0.25) is 0 Å². The van der Waals surface area contributed by atoms with Crippen molar-refractivity contribution in [3.05, 3.63) is 17.5 Å². The summed E-state index contributed by atoms with van der Waals surface area (Å²) in [6, 6.07) is 0. The third-order valence-electron chi connectivity index (χ3n) is 1.94. The van der Waals surface area contributed by atoms with Gasteiger partial charge in [-0.3, -0.25) is 0 Å². The van der Waals surface area contributed by atoms with Gasteiger partial charge >= 0.3 is 0 Å². The van der Waals surface area contributed by atoms with Crippen molar-refractivity contribution in [1.82, 2.24) is 0 Å². The molecule has 0 aliphatic carbocycles. The van der Waals surface area contributed by atoms with E-state index < -0.39 is 0 Å². The first-order chi connectivity index (χ1) is 4.77. The van der Waals surface area contributed by atoms with E-state index in [1.807, 2.05) is 6.08 Å². The zero-order chi connectivity index (χ0) is 7.45.